The van der Waals surface area contributed by atoms with Gasteiger partial charge in [0.15, 0.2) is 0 Å². The van der Waals surface area contributed by atoms with Crippen molar-refractivity contribution in [3.8, 4) is 0 Å². The molecule has 1 atom stereocenters. The number of rotatable bonds is 17. The van der Waals surface area contributed by atoms with Crippen LogP contribution in [0.2, 0.25) is 0 Å². The molecule has 2 heteroatoms. The van der Waals surface area contributed by atoms with Gasteiger partial charge < -0.3 is 9.53 Å². The molecule has 0 amide bonds. The fraction of sp³-hybridized carbons (Fsp3) is 0.857. The van der Waals surface area contributed by atoms with Gasteiger partial charge in [-0.1, -0.05) is 70.4 Å². The molecule has 2 nitrogen and oxygen atoms in total. The third-order valence-electron chi connectivity index (χ3n) is 4.43. The maximum atomic E-state index is 10.8. The third kappa shape index (κ3) is 17.6. The molecule has 0 fully saturated rings. The first-order valence-electron chi connectivity index (χ1n) is 9.88. The summed E-state index contributed by atoms with van der Waals surface area (Å²) in [6.07, 6.45) is 22.0. The first kappa shape index (κ1) is 22.4. The van der Waals surface area contributed by atoms with Crippen molar-refractivity contribution in [2.75, 3.05) is 7.11 Å². The van der Waals surface area contributed by atoms with E-state index in [1.165, 1.54) is 70.6 Å². The largest absolute Gasteiger partial charge is 0.381 e. The quantitative estimate of drug-likeness (QED) is 0.222. The number of carbonyl (C=O) groups excluding carboxylic acids is 1. The van der Waals surface area contributed by atoms with Crippen molar-refractivity contribution < 1.29 is 9.53 Å². The van der Waals surface area contributed by atoms with Crippen molar-refractivity contribution in [1.82, 2.24) is 0 Å². The van der Waals surface area contributed by atoms with Crippen LogP contribution >= 0.6 is 0 Å². The lowest BCUT2D eigenvalue weighted by Crippen LogP contribution is -2.08. The van der Waals surface area contributed by atoms with E-state index in [9.17, 15) is 4.79 Å². The van der Waals surface area contributed by atoms with Crippen LogP contribution in [0, 0.1) is 0 Å². The molecule has 0 aliphatic heterocycles. The van der Waals surface area contributed by atoms with Gasteiger partial charge in [0.2, 0.25) is 0 Å². The Balaban J connectivity index is 3.39. The number of ketones is 1. The van der Waals surface area contributed by atoms with E-state index in [-0.39, 0.29) is 0 Å². The van der Waals surface area contributed by atoms with Gasteiger partial charge in [-0.15, -0.1) is 0 Å². The summed E-state index contributed by atoms with van der Waals surface area (Å²) < 4.78 is 5.55. The topological polar surface area (TPSA) is 26.3 Å². The van der Waals surface area contributed by atoms with E-state index in [0.717, 1.165) is 19.3 Å². The SMILES string of the molecule is CCCCCCC(C/C=C\CCCCCCCCC(C)=O)OC. The van der Waals surface area contributed by atoms with Gasteiger partial charge in [0, 0.05) is 13.5 Å². The molecule has 0 bridgehead atoms. The van der Waals surface area contributed by atoms with Crippen molar-refractivity contribution in [3.63, 3.8) is 0 Å². The van der Waals surface area contributed by atoms with Gasteiger partial charge >= 0.3 is 0 Å². The maximum absolute atomic E-state index is 10.8. The summed E-state index contributed by atoms with van der Waals surface area (Å²) in [6, 6.07) is 0. The van der Waals surface area contributed by atoms with Crippen molar-refractivity contribution in [2.45, 2.75) is 110 Å². The minimum absolute atomic E-state index is 0.329. The Labute approximate surface area is 145 Å². The molecule has 0 radical (unpaired) electrons. The van der Waals surface area contributed by atoms with Crippen molar-refractivity contribution in [3.05, 3.63) is 12.2 Å². The van der Waals surface area contributed by atoms with E-state index >= 15 is 0 Å². The standard InChI is InChI=1S/C21H40O2/c1-4-5-6-15-18-21(23-3)19-16-13-11-9-7-8-10-12-14-17-20(2)22/h13,16,21H,4-12,14-15,17-19H2,1-3H3/b16-13-. The van der Waals surface area contributed by atoms with Crippen molar-refractivity contribution in [2.24, 2.45) is 0 Å². The number of hydrogen-bond acceptors (Lipinski definition) is 2. The van der Waals surface area contributed by atoms with Gasteiger partial charge in [0.1, 0.15) is 5.78 Å². The lowest BCUT2D eigenvalue weighted by molar-refractivity contribution is -0.117. The third-order valence-corrected chi connectivity index (χ3v) is 4.43. The number of hydrogen-bond donors (Lipinski definition) is 0. The second kappa shape index (κ2) is 17.7. The van der Waals surface area contributed by atoms with Crippen molar-refractivity contribution in [1.29, 1.82) is 0 Å². The zero-order valence-corrected chi connectivity index (χ0v) is 15.9. The predicted molar refractivity (Wildman–Crippen MR) is 101 cm³/mol. The lowest BCUT2D eigenvalue weighted by Gasteiger charge is -2.12. The van der Waals surface area contributed by atoms with E-state index in [1.54, 1.807) is 6.92 Å². The zero-order valence-electron chi connectivity index (χ0n) is 15.9. The highest BCUT2D eigenvalue weighted by atomic mass is 16.5. The van der Waals surface area contributed by atoms with Gasteiger partial charge in [-0.25, -0.2) is 0 Å². The molecule has 0 aliphatic rings. The van der Waals surface area contributed by atoms with Crippen molar-refractivity contribution >= 4 is 5.78 Å². The smallest absolute Gasteiger partial charge is 0.129 e. The Morgan fingerprint density at radius 3 is 2.22 bits per heavy atom. The average Bonchev–Trinajstić information content (AvgIpc) is 2.54. The van der Waals surface area contributed by atoms with Crippen LogP contribution in [-0.4, -0.2) is 19.0 Å². The minimum Gasteiger partial charge on any atom is -0.381 e. The van der Waals surface area contributed by atoms with Gasteiger partial charge in [-0.05, 0) is 39.0 Å². The number of carbonyl (C=O) groups is 1. The highest BCUT2D eigenvalue weighted by Crippen LogP contribution is 2.12. The molecule has 0 saturated carbocycles. The molecule has 0 aromatic rings. The van der Waals surface area contributed by atoms with Gasteiger partial charge in [0.25, 0.3) is 0 Å². The Hall–Kier alpha value is -0.630. The van der Waals surface area contributed by atoms with E-state index < -0.39 is 0 Å². The molecule has 0 spiro atoms. The van der Waals surface area contributed by atoms with Gasteiger partial charge in [0.05, 0.1) is 6.10 Å². The van der Waals surface area contributed by atoms with E-state index in [4.69, 9.17) is 4.74 Å². The van der Waals surface area contributed by atoms with Crippen LogP contribution in [0.1, 0.15) is 104 Å². The van der Waals surface area contributed by atoms with Crippen LogP contribution in [0.3, 0.4) is 0 Å². The van der Waals surface area contributed by atoms with Crippen LogP contribution in [0.15, 0.2) is 12.2 Å². The first-order valence-corrected chi connectivity index (χ1v) is 9.88. The molecule has 0 aliphatic carbocycles. The summed E-state index contributed by atoms with van der Waals surface area (Å²) in [5, 5.41) is 0. The molecule has 136 valence electrons. The fourth-order valence-electron chi connectivity index (χ4n) is 2.84. The maximum Gasteiger partial charge on any atom is 0.129 e. The molecular weight excluding hydrogens is 284 g/mol. The first-order chi connectivity index (χ1) is 11.2. The number of Topliss-reactive ketones (excluding diaryl/α,β-unsaturated/α-hetero) is 1. The second-order valence-corrected chi connectivity index (χ2v) is 6.78. The molecule has 0 aromatic carbocycles. The highest BCUT2D eigenvalue weighted by molar-refractivity contribution is 5.75. The van der Waals surface area contributed by atoms with E-state index in [1.807, 2.05) is 7.11 Å². The minimum atomic E-state index is 0.329. The number of allylic oxidation sites excluding steroid dienone is 1. The molecule has 0 saturated heterocycles. The lowest BCUT2D eigenvalue weighted by atomic mass is 10.1. The summed E-state index contributed by atoms with van der Waals surface area (Å²) in [7, 11) is 1.84. The Kier molecular flexibility index (Phi) is 17.2. The normalized spacial score (nSPS) is 12.8. The second-order valence-electron chi connectivity index (χ2n) is 6.78. The Morgan fingerprint density at radius 1 is 0.913 bits per heavy atom. The molecular formula is C21H40O2. The van der Waals surface area contributed by atoms with Crippen LogP contribution in [0.25, 0.3) is 0 Å². The van der Waals surface area contributed by atoms with Crippen LogP contribution in [-0.2, 0) is 9.53 Å². The molecule has 23 heavy (non-hydrogen) atoms. The Morgan fingerprint density at radius 2 is 1.57 bits per heavy atom. The zero-order chi connectivity index (χ0) is 17.2. The van der Waals surface area contributed by atoms with Crippen LogP contribution < -0.4 is 0 Å². The van der Waals surface area contributed by atoms with Crippen LogP contribution in [0.5, 0.6) is 0 Å². The van der Waals surface area contributed by atoms with Gasteiger partial charge in [-0.3, -0.25) is 0 Å². The summed E-state index contributed by atoms with van der Waals surface area (Å²) in [5.74, 6) is 0.329. The van der Waals surface area contributed by atoms with Gasteiger partial charge in [-0.2, -0.15) is 0 Å². The molecule has 0 rings (SSSR count). The number of ether oxygens (including phenoxy) is 1. The molecule has 0 N–H and O–H groups in total. The molecule has 0 aromatic heterocycles. The summed E-state index contributed by atoms with van der Waals surface area (Å²) in [5.41, 5.74) is 0. The molecule has 0 heterocycles. The van der Waals surface area contributed by atoms with E-state index in [2.05, 4.69) is 19.1 Å². The van der Waals surface area contributed by atoms with E-state index in [0.29, 0.717) is 11.9 Å². The number of methoxy groups -OCH3 is 1. The summed E-state index contributed by atoms with van der Waals surface area (Å²) >= 11 is 0. The highest BCUT2D eigenvalue weighted by Gasteiger charge is 2.04. The average molecular weight is 325 g/mol. The predicted octanol–water partition coefficient (Wildman–Crippen LogP) is 6.63. The molecule has 1 unspecified atom stereocenters. The fourth-order valence-corrected chi connectivity index (χ4v) is 2.84. The number of unbranched alkanes of at least 4 members (excludes halogenated alkanes) is 9. The summed E-state index contributed by atoms with van der Waals surface area (Å²) in [6.45, 7) is 3.94. The monoisotopic (exact) mass is 324 g/mol. The van der Waals surface area contributed by atoms with Crippen LogP contribution in [0.4, 0.5) is 0 Å². The summed E-state index contributed by atoms with van der Waals surface area (Å²) in [4.78, 5) is 10.8. The Bertz CT molecular complexity index is 284.